The van der Waals surface area contributed by atoms with Gasteiger partial charge in [0.2, 0.25) is 0 Å². The highest BCUT2D eigenvalue weighted by Crippen LogP contribution is 2.22. The van der Waals surface area contributed by atoms with E-state index in [2.05, 4.69) is 45.4 Å². The molecule has 2 rings (SSSR count). The molecular formula is C13H16BrFN4. The number of benzene rings is 1. The van der Waals surface area contributed by atoms with E-state index in [9.17, 15) is 4.39 Å². The summed E-state index contributed by atoms with van der Waals surface area (Å²) >= 11 is 3.35. The fourth-order valence-corrected chi connectivity index (χ4v) is 2.24. The Hall–Kier alpha value is -1.27. The van der Waals surface area contributed by atoms with Crippen molar-refractivity contribution in [2.24, 2.45) is 5.92 Å². The van der Waals surface area contributed by atoms with Gasteiger partial charge in [-0.05, 0) is 46.6 Å². The zero-order valence-corrected chi connectivity index (χ0v) is 12.5. The first-order chi connectivity index (χ1) is 9.08. The highest BCUT2D eigenvalue weighted by atomic mass is 79.9. The zero-order valence-electron chi connectivity index (χ0n) is 10.9. The van der Waals surface area contributed by atoms with Gasteiger partial charge >= 0.3 is 0 Å². The van der Waals surface area contributed by atoms with Crippen LogP contribution in [-0.4, -0.2) is 21.5 Å². The van der Waals surface area contributed by atoms with Crippen molar-refractivity contribution in [3.05, 3.63) is 40.4 Å². The topological polar surface area (TPSA) is 42.7 Å². The molecular weight excluding hydrogens is 311 g/mol. The highest BCUT2D eigenvalue weighted by molar-refractivity contribution is 9.10. The molecule has 0 saturated heterocycles. The van der Waals surface area contributed by atoms with Crippen molar-refractivity contribution in [2.75, 3.05) is 6.54 Å². The van der Waals surface area contributed by atoms with Crippen molar-refractivity contribution in [1.29, 1.82) is 0 Å². The summed E-state index contributed by atoms with van der Waals surface area (Å²) in [5.41, 5.74) is 1.72. The lowest BCUT2D eigenvalue weighted by Crippen LogP contribution is -2.20. The Kier molecular flexibility index (Phi) is 4.66. The number of aromatic nitrogens is 3. The summed E-state index contributed by atoms with van der Waals surface area (Å²) in [5, 5.41) is 11.3. The van der Waals surface area contributed by atoms with Crippen LogP contribution in [0.15, 0.2) is 28.9 Å². The molecule has 0 saturated carbocycles. The van der Waals surface area contributed by atoms with E-state index in [0.29, 0.717) is 16.9 Å². The largest absolute Gasteiger partial charge is 0.311 e. The minimum Gasteiger partial charge on any atom is -0.311 e. The Morgan fingerprint density at radius 2 is 2.21 bits per heavy atom. The number of nitrogens with one attached hydrogen (secondary N) is 1. The van der Waals surface area contributed by atoms with Gasteiger partial charge in [-0.25, -0.2) is 9.07 Å². The number of hydrogen-bond acceptors (Lipinski definition) is 3. The minimum absolute atomic E-state index is 0.282. The van der Waals surface area contributed by atoms with Crippen LogP contribution in [0.5, 0.6) is 0 Å². The molecule has 0 aliphatic rings. The molecule has 1 aromatic heterocycles. The monoisotopic (exact) mass is 326 g/mol. The van der Waals surface area contributed by atoms with E-state index >= 15 is 0 Å². The van der Waals surface area contributed by atoms with Gasteiger partial charge in [0, 0.05) is 11.0 Å². The predicted octanol–water partition coefficient (Wildman–Crippen LogP) is 2.91. The van der Waals surface area contributed by atoms with Crippen molar-refractivity contribution in [1.82, 2.24) is 20.3 Å². The van der Waals surface area contributed by atoms with E-state index in [4.69, 9.17) is 0 Å². The van der Waals surface area contributed by atoms with Crippen molar-refractivity contribution >= 4 is 15.9 Å². The standard InChI is InChI=1S/C13H16BrFN4/c1-9(2)6-16-7-11-8-17-18-19(11)13-4-3-10(15)5-12(13)14/h3-5,8-9,16H,6-7H2,1-2H3. The van der Waals surface area contributed by atoms with Crippen molar-refractivity contribution in [2.45, 2.75) is 20.4 Å². The molecule has 1 N–H and O–H groups in total. The van der Waals surface area contributed by atoms with E-state index in [0.717, 1.165) is 17.9 Å². The molecule has 0 spiro atoms. The van der Waals surface area contributed by atoms with Crippen molar-refractivity contribution < 1.29 is 4.39 Å². The normalized spacial score (nSPS) is 11.2. The Labute approximate surface area is 120 Å². The maximum absolute atomic E-state index is 13.1. The molecule has 0 bridgehead atoms. The fraction of sp³-hybridized carbons (Fsp3) is 0.385. The average molecular weight is 327 g/mol. The summed E-state index contributed by atoms with van der Waals surface area (Å²) in [5.74, 6) is 0.303. The van der Waals surface area contributed by atoms with E-state index in [-0.39, 0.29) is 5.82 Å². The van der Waals surface area contributed by atoms with Gasteiger partial charge in [-0.1, -0.05) is 19.1 Å². The molecule has 2 aromatic rings. The van der Waals surface area contributed by atoms with Crippen molar-refractivity contribution in [3.63, 3.8) is 0 Å². The molecule has 0 aliphatic heterocycles. The fourth-order valence-electron chi connectivity index (χ4n) is 1.72. The van der Waals surface area contributed by atoms with Crippen LogP contribution in [-0.2, 0) is 6.54 Å². The van der Waals surface area contributed by atoms with Crippen molar-refractivity contribution in [3.8, 4) is 5.69 Å². The third-order valence-electron chi connectivity index (χ3n) is 2.62. The summed E-state index contributed by atoms with van der Waals surface area (Å²) < 4.78 is 15.5. The third kappa shape index (κ3) is 3.61. The Morgan fingerprint density at radius 3 is 2.89 bits per heavy atom. The van der Waals surface area contributed by atoms with Crippen LogP contribution in [0.3, 0.4) is 0 Å². The quantitative estimate of drug-likeness (QED) is 0.918. The number of nitrogens with zero attached hydrogens (tertiary/aromatic N) is 3. The molecule has 6 heteroatoms. The molecule has 0 unspecified atom stereocenters. The molecule has 0 amide bonds. The van der Waals surface area contributed by atoms with Gasteiger partial charge in [0.1, 0.15) is 5.82 Å². The summed E-state index contributed by atoms with van der Waals surface area (Å²) in [6.45, 7) is 5.91. The lowest BCUT2D eigenvalue weighted by atomic mass is 10.2. The molecule has 0 fully saturated rings. The molecule has 0 radical (unpaired) electrons. The second kappa shape index (κ2) is 6.25. The van der Waals surface area contributed by atoms with Crippen LogP contribution in [0, 0.1) is 11.7 Å². The van der Waals surface area contributed by atoms with Gasteiger partial charge in [-0.2, -0.15) is 0 Å². The van der Waals surface area contributed by atoms with E-state index in [1.54, 1.807) is 16.9 Å². The highest BCUT2D eigenvalue weighted by Gasteiger charge is 2.10. The van der Waals surface area contributed by atoms with Crippen LogP contribution < -0.4 is 5.32 Å². The second-order valence-electron chi connectivity index (χ2n) is 4.76. The van der Waals surface area contributed by atoms with E-state index in [1.165, 1.54) is 12.1 Å². The summed E-state index contributed by atoms with van der Waals surface area (Å²) in [4.78, 5) is 0. The molecule has 19 heavy (non-hydrogen) atoms. The van der Waals surface area contributed by atoms with Gasteiger partial charge < -0.3 is 5.32 Å². The minimum atomic E-state index is -0.282. The SMILES string of the molecule is CC(C)CNCc1cnnn1-c1ccc(F)cc1Br. The zero-order chi connectivity index (χ0) is 13.8. The predicted molar refractivity (Wildman–Crippen MR) is 75.6 cm³/mol. The number of halogens is 2. The van der Waals surface area contributed by atoms with Crippen LogP contribution in [0.2, 0.25) is 0 Å². The first kappa shape index (κ1) is 14.1. The van der Waals surface area contributed by atoms with Crippen LogP contribution in [0.1, 0.15) is 19.5 Å². The summed E-state index contributed by atoms with van der Waals surface area (Å²) in [6.07, 6.45) is 1.71. The Bertz CT molecular complexity index is 553. The van der Waals surface area contributed by atoms with Crippen LogP contribution in [0.4, 0.5) is 4.39 Å². The molecule has 1 aromatic carbocycles. The lowest BCUT2D eigenvalue weighted by molar-refractivity contribution is 0.542. The maximum Gasteiger partial charge on any atom is 0.124 e. The van der Waals surface area contributed by atoms with Crippen LogP contribution in [0.25, 0.3) is 5.69 Å². The van der Waals surface area contributed by atoms with Gasteiger partial charge in [-0.15, -0.1) is 5.10 Å². The Morgan fingerprint density at radius 1 is 1.42 bits per heavy atom. The maximum atomic E-state index is 13.1. The molecule has 1 heterocycles. The second-order valence-corrected chi connectivity index (χ2v) is 5.61. The molecule has 0 atom stereocenters. The van der Waals surface area contributed by atoms with Gasteiger partial charge in [0.05, 0.1) is 17.6 Å². The first-order valence-corrected chi connectivity index (χ1v) is 6.93. The molecule has 0 aliphatic carbocycles. The summed E-state index contributed by atoms with van der Waals surface area (Å²) in [7, 11) is 0. The van der Waals surface area contributed by atoms with Crippen LogP contribution >= 0.6 is 15.9 Å². The third-order valence-corrected chi connectivity index (χ3v) is 3.25. The number of rotatable bonds is 5. The van der Waals surface area contributed by atoms with E-state index < -0.39 is 0 Å². The molecule has 102 valence electrons. The first-order valence-electron chi connectivity index (χ1n) is 6.13. The number of hydrogen-bond donors (Lipinski definition) is 1. The van der Waals surface area contributed by atoms with Gasteiger partial charge in [0.25, 0.3) is 0 Å². The van der Waals surface area contributed by atoms with Gasteiger partial charge in [0.15, 0.2) is 0 Å². The van der Waals surface area contributed by atoms with E-state index in [1.807, 2.05) is 0 Å². The Balaban J connectivity index is 2.19. The smallest absolute Gasteiger partial charge is 0.124 e. The van der Waals surface area contributed by atoms with Gasteiger partial charge in [-0.3, -0.25) is 0 Å². The lowest BCUT2D eigenvalue weighted by Gasteiger charge is -2.10. The molecule has 4 nitrogen and oxygen atoms in total. The average Bonchev–Trinajstić information content (AvgIpc) is 2.77. The summed E-state index contributed by atoms with van der Waals surface area (Å²) in [6, 6.07) is 4.51.